The minimum Gasteiger partial charge on any atom is -0.380 e. The van der Waals surface area contributed by atoms with Crippen LogP contribution in [0.1, 0.15) is 29.8 Å². The molecule has 1 amide bonds. The number of rotatable bonds is 7. The van der Waals surface area contributed by atoms with Gasteiger partial charge in [0.1, 0.15) is 0 Å². The summed E-state index contributed by atoms with van der Waals surface area (Å²) in [5.41, 5.74) is 1.05. The Bertz CT molecular complexity index is 601. The molecule has 0 fully saturated rings. The van der Waals surface area contributed by atoms with E-state index in [0.29, 0.717) is 37.4 Å². The molecule has 0 radical (unpaired) electrons. The van der Waals surface area contributed by atoms with Gasteiger partial charge in [0.2, 0.25) is 0 Å². The van der Waals surface area contributed by atoms with Gasteiger partial charge in [0.05, 0.1) is 11.5 Å². The third-order valence-corrected chi connectivity index (χ3v) is 4.45. The Balaban J connectivity index is 3.04. The summed E-state index contributed by atoms with van der Waals surface area (Å²) in [6.45, 7) is 7.52. The molecule has 0 aliphatic rings. The van der Waals surface area contributed by atoms with E-state index in [0.717, 1.165) is 0 Å². The molecule has 0 aliphatic heterocycles. The van der Waals surface area contributed by atoms with E-state index in [4.69, 9.17) is 15.4 Å². The molecule has 0 aromatic heterocycles. The van der Waals surface area contributed by atoms with Gasteiger partial charge in [-0.3, -0.25) is 4.79 Å². The molecular weight excluding hydrogens is 314 g/mol. The fraction of sp³-hybridized carbons (Fsp3) is 0.500. The minimum atomic E-state index is -3.85. The van der Waals surface area contributed by atoms with Crippen molar-refractivity contribution in [2.45, 2.75) is 25.7 Å². The first kappa shape index (κ1) is 17.9. The predicted molar refractivity (Wildman–Crippen MR) is 82.3 cm³/mol. The molecule has 0 N–H and O–H groups in total. The fourth-order valence-corrected chi connectivity index (χ4v) is 2.65. The zero-order valence-electron chi connectivity index (χ0n) is 12.4. The van der Waals surface area contributed by atoms with Crippen molar-refractivity contribution in [3.8, 4) is 0 Å². The first-order valence-electron chi connectivity index (χ1n) is 6.73. The highest BCUT2D eigenvalue weighted by Crippen LogP contribution is 2.20. The Kier molecular flexibility index (Phi) is 6.64. The van der Waals surface area contributed by atoms with Gasteiger partial charge in [0.25, 0.3) is 15.0 Å². The van der Waals surface area contributed by atoms with Gasteiger partial charge >= 0.3 is 0 Å². The lowest BCUT2D eigenvalue weighted by Crippen LogP contribution is -2.34. The molecule has 5 nitrogen and oxygen atoms in total. The standard InChI is InChI=1S/C14H20ClNO4S/c1-4-16(8-9-20-5-2)14(17)13-10-12(21(15,18)19)7-6-11(13)3/h6-7,10H,4-5,8-9H2,1-3H3. The molecule has 21 heavy (non-hydrogen) atoms. The third-order valence-electron chi connectivity index (χ3n) is 3.10. The van der Waals surface area contributed by atoms with E-state index in [1.165, 1.54) is 12.1 Å². The van der Waals surface area contributed by atoms with Crippen LogP contribution in [0.25, 0.3) is 0 Å². The highest BCUT2D eigenvalue weighted by atomic mass is 35.7. The van der Waals surface area contributed by atoms with E-state index in [9.17, 15) is 13.2 Å². The molecule has 0 spiro atoms. The summed E-state index contributed by atoms with van der Waals surface area (Å²) in [5.74, 6) is -0.225. The van der Waals surface area contributed by atoms with Crippen LogP contribution in [0.3, 0.4) is 0 Å². The Morgan fingerprint density at radius 2 is 2.00 bits per heavy atom. The molecule has 118 valence electrons. The SMILES string of the molecule is CCOCCN(CC)C(=O)c1cc(S(=O)(=O)Cl)ccc1C. The zero-order chi connectivity index (χ0) is 16.0. The van der Waals surface area contributed by atoms with Crippen molar-refractivity contribution in [2.75, 3.05) is 26.3 Å². The number of likely N-dealkylation sites (N-methyl/N-ethyl adjacent to an activating group) is 1. The summed E-state index contributed by atoms with van der Waals surface area (Å²) >= 11 is 0. The van der Waals surface area contributed by atoms with E-state index in [1.54, 1.807) is 17.9 Å². The Hall–Kier alpha value is -1.11. The summed E-state index contributed by atoms with van der Waals surface area (Å²) in [4.78, 5) is 14.0. The molecule has 0 unspecified atom stereocenters. The maximum atomic E-state index is 12.5. The molecule has 0 bridgehead atoms. The van der Waals surface area contributed by atoms with Crippen LogP contribution < -0.4 is 0 Å². The molecule has 0 atom stereocenters. The number of ether oxygens (including phenoxy) is 1. The third kappa shape index (κ3) is 4.98. The second-order valence-electron chi connectivity index (χ2n) is 4.50. The summed E-state index contributed by atoms with van der Waals surface area (Å²) in [7, 11) is 1.48. The van der Waals surface area contributed by atoms with Crippen molar-refractivity contribution in [1.82, 2.24) is 4.90 Å². The van der Waals surface area contributed by atoms with Crippen LogP contribution in [0.4, 0.5) is 0 Å². The van der Waals surface area contributed by atoms with Crippen molar-refractivity contribution in [3.05, 3.63) is 29.3 Å². The maximum absolute atomic E-state index is 12.5. The second kappa shape index (κ2) is 7.77. The topological polar surface area (TPSA) is 63.7 Å². The molecule has 1 aromatic carbocycles. The lowest BCUT2D eigenvalue weighted by atomic mass is 10.1. The monoisotopic (exact) mass is 333 g/mol. The quantitative estimate of drug-likeness (QED) is 0.568. The van der Waals surface area contributed by atoms with Gasteiger partial charge in [-0.25, -0.2) is 8.42 Å². The number of benzene rings is 1. The lowest BCUT2D eigenvalue weighted by molar-refractivity contribution is 0.0668. The first-order chi connectivity index (χ1) is 9.81. The van der Waals surface area contributed by atoms with Crippen molar-refractivity contribution < 1.29 is 17.9 Å². The number of nitrogens with zero attached hydrogens (tertiary/aromatic N) is 1. The molecule has 1 rings (SSSR count). The van der Waals surface area contributed by atoms with E-state index >= 15 is 0 Å². The maximum Gasteiger partial charge on any atom is 0.261 e. The van der Waals surface area contributed by atoms with Gasteiger partial charge in [-0.1, -0.05) is 6.07 Å². The summed E-state index contributed by atoms with van der Waals surface area (Å²) in [5, 5.41) is 0. The Labute approximate surface area is 130 Å². The smallest absolute Gasteiger partial charge is 0.261 e. The van der Waals surface area contributed by atoms with Gasteiger partial charge in [-0.15, -0.1) is 0 Å². The van der Waals surface area contributed by atoms with Crippen LogP contribution in [0.5, 0.6) is 0 Å². The number of carbonyl (C=O) groups is 1. The average Bonchev–Trinajstić information content (AvgIpc) is 2.42. The molecule has 0 heterocycles. The molecule has 7 heteroatoms. The number of hydrogen-bond donors (Lipinski definition) is 0. The largest absolute Gasteiger partial charge is 0.380 e. The molecular formula is C14H20ClNO4S. The van der Waals surface area contributed by atoms with Crippen LogP contribution in [0.2, 0.25) is 0 Å². The number of carbonyl (C=O) groups excluding carboxylic acids is 1. The van der Waals surface area contributed by atoms with Crippen LogP contribution in [0, 0.1) is 6.92 Å². The second-order valence-corrected chi connectivity index (χ2v) is 7.06. The Morgan fingerprint density at radius 1 is 1.33 bits per heavy atom. The number of amides is 1. The number of aryl methyl sites for hydroxylation is 1. The van der Waals surface area contributed by atoms with Crippen molar-refractivity contribution in [3.63, 3.8) is 0 Å². The van der Waals surface area contributed by atoms with E-state index in [1.807, 2.05) is 13.8 Å². The Morgan fingerprint density at radius 3 is 2.52 bits per heavy atom. The molecule has 0 saturated heterocycles. The van der Waals surface area contributed by atoms with E-state index in [2.05, 4.69) is 0 Å². The highest BCUT2D eigenvalue weighted by Gasteiger charge is 2.19. The van der Waals surface area contributed by atoms with Gasteiger partial charge in [-0.2, -0.15) is 0 Å². The van der Waals surface area contributed by atoms with E-state index in [-0.39, 0.29) is 10.8 Å². The van der Waals surface area contributed by atoms with Crippen molar-refractivity contribution >= 4 is 25.6 Å². The van der Waals surface area contributed by atoms with Gasteiger partial charge < -0.3 is 9.64 Å². The summed E-state index contributed by atoms with van der Waals surface area (Å²) in [6.07, 6.45) is 0. The van der Waals surface area contributed by atoms with Crippen molar-refractivity contribution in [1.29, 1.82) is 0 Å². The van der Waals surface area contributed by atoms with Crippen LogP contribution in [0.15, 0.2) is 23.1 Å². The molecule has 0 aliphatic carbocycles. The minimum absolute atomic E-state index is 0.0704. The highest BCUT2D eigenvalue weighted by molar-refractivity contribution is 8.13. The van der Waals surface area contributed by atoms with Gasteiger partial charge in [-0.05, 0) is 38.5 Å². The predicted octanol–water partition coefficient (Wildman–Crippen LogP) is 2.42. The first-order valence-corrected chi connectivity index (χ1v) is 9.04. The average molecular weight is 334 g/mol. The number of hydrogen-bond acceptors (Lipinski definition) is 4. The molecule has 1 aromatic rings. The van der Waals surface area contributed by atoms with Crippen LogP contribution in [-0.4, -0.2) is 45.5 Å². The van der Waals surface area contributed by atoms with Crippen LogP contribution >= 0.6 is 10.7 Å². The van der Waals surface area contributed by atoms with Gasteiger partial charge in [0, 0.05) is 35.9 Å². The zero-order valence-corrected chi connectivity index (χ0v) is 14.0. The summed E-state index contributed by atoms with van der Waals surface area (Å²) < 4.78 is 28.0. The molecule has 0 saturated carbocycles. The van der Waals surface area contributed by atoms with Crippen LogP contribution in [-0.2, 0) is 13.8 Å². The van der Waals surface area contributed by atoms with Crippen molar-refractivity contribution in [2.24, 2.45) is 0 Å². The lowest BCUT2D eigenvalue weighted by Gasteiger charge is -2.22. The summed E-state index contributed by atoms with van der Waals surface area (Å²) in [6, 6.07) is 4.30. The van der Waals surface area contributed by atoms with E-state index < -0.39 is 9.05 Å². The number of halogens is 1. The van der Waals surface area contributed by atoms with Gasteiger partial charge in [0.15, 0.2) is 0 Å². The fourth-order valence-electron chi connectivity index (χ4n) is 1.88. The normalized spacial score (nSPS) is 11.4.